The zero-order valence-electron chi connectivity index (χ0n) is 14.0. The maximum atomic E-state index is 12.8. The molecular formula is C17H25ClN4O2. The molecular weight excluding hydrogens is 328 g/mol. The summed E-state index contributed by atoms with van der Waals surface area (Å²) in [5, 5.41) is 2.80. The lowest BCUT2D eigenvalue weighted by Crippen LogP contribution is -2.33. The van der Waals surface area contributed by atoms with E-state index in [4.69, 9.17) is 5.73 Å². The summed E-state index contributed by atoms with van der Waals surface area (Å²) in [6.45, 7) is 4.68. The number of carbonyl (C=O) groups excluding carboxylic acids is 2. The highest BCUT2D eigenvalue weighted by Crippen LogP contribution is 2.24. The molecule has 1 aromatic carbocycles. The molecule has 0 spiro atoms. The lowest BCUT2D eigenvalue weighted by molar-refractivity contribution is 0.0761. The molecule has 2 heterocycles. The van der Waals surface area contributed by atoms with Gasteiger partial charge in [-0.3, -0.25) is 9.69 Å². The van der Waals surface area contributed by atoms with Crippen molar-refractivity contribution in [2.45, 2.75) is 32.2 Å². The lowest BCUT2D eigenvalue weighted by Gasteiger charge is -2.22. The first-order valence-electron chi connectivity index (χ1n) is 8.27. The van der Waals surface area contributed by atoms with Crippen LogP contribution in [-0.4, -0.2) is 49.1 Å². The summed E-state index contributed by atoms with van der Waals surface area (Å²) in [5.41, 5.74) is 8.44. The van der Waals surface area contributed by atoms with Crippen LogP contribution in [0.3, 0.4) is 0 Å². The number of benzene rings is 1. The molecule has 6 nitrogen and oxygen atoms in total. The van der Waals surface area contributed by atoms with Crippen LogP contribution in [0, 0.1) is 6.92 Å². The van der Waals surface area contributed by atoms with Gasteiger partial charge in [0.2, 0.25) is 0 Å². The summed E-state index contributed by atoms with van der Waals surface area (Å²) in [6, 6.07) is 5.69. The molecule has 7 heteroatoms. The molecule has 0 aliphatic carbocycles. The summed E-state index contributed by atoms with van der Waals surface area (Å²) >= 11 is 0. The molecule has 0 saturated carbocycles. The van der Waals surface area contributed by atoms with E-state index in [0.717, 1.165) is 37.1 Å². The van der Waals surface area contributed by atoms with E-state index in [1.807, 2.05) is 30.0 Å². The third-order valence-electron chi connectivity index (χ3n) is 4.66. The number of nitrogens with zero attached hydrogens (tertiary/aromatic N) is 2. The Labute approximate surface area is 148 Å². The van der Waals surface area contributed by atoms with Crippen molar-refractivity contribution in [3.05, 3.63) is 29.3 Å². The summed E-state index contributed by atoms with van der Waals surface area (Å²) in [6.07, 6.45) is 2.76. The van der Waals surface area contributed by atoms with Crippen LogP contribution in [0.1, 0.15) is 35.2 Å². The standard InChI is InChI=1S/C17H24N4O2.ClH/c1-12-4-5-13(11-15(12)21-10-7-19-17(21)23)16(22)20-8-2-3-14(18)6-9-20;/h4-5,11,14H,2-3,6-10,18H2,1H3,(H,19,23);1H. The second kappa shape index (κ2) is 7.85. The van der Waals surface area contributed by atoms with E-state index in [2.05, 4.69) is 5.32 Å². The fourth-order valence-electron chi connectivity index (χ4n) is 3.24. The Morgan fingerprint density at radius 2 is 2.04 bits per heavy atom. The lowest BCUT2D eigenvalue weighted by atomic mass is 10.1. The Hall–Kier alpha value is -1.79. The Morgan fingerprint density at radius 1 is 1.25 bits per heavy atom. The van der Waals surface area contributed by atoms with E-state index >= 15 is 0 Å². The van der Waals surface area contributed by atoms with Gasteiger partial charge in [-0.05, 0) is 43.9 Å². The monoisotopic (exact) mass is 352 g/mol. The van der Waals surface area contributed by atoms with Crippen molar-refractivity contribution in [2.75, 3.05) is 31.1 Å². The Balaban J connectivity index is 0.00000208. The van der Waals surface area contributed by atoms with Crippen molar-refractivity contribution in [1.29, 1.82) is 0 Å². The number of hydrogen-bond donors (Lipinski definition) is 2. The predicted octanol–water partition coefficient (Wildman–Crippen LogP) is 1.90. The highest BCUT2D eigenvalue weighted by atomic mass is 35.5. The molecule has 0 radical (unpaired) electrons. The molecule has 1 unspecified atom stereocenters. The minimum atomic E-state index is -0.0987. The zero-order valence-corrected chi connectivity index (χ0v) is 14.8. The molecule has 132 valence electrons. The number of likely N-dealkylation sites (tertiary alicyclic amines) is 1. The van der Waals surface area contributed by atoms with E-state index in [1.165, 1.54) is 0 Å². The second-order valence-corrected chi connectivity index (χ2v) is 6.37. The fourth-order valence-corrected chi connectivity index (χ4v) is 3.24. The first-order chi connectivity index (χ1) is 11.1. The number of amides is 3. The number of halogens is 1. The van der Waals surface area contributed by atoms with E-state index in [-0.39, 0.29) is 30.4 Å². The number of nitrogens with two attached hydrogens (primary N) is 1. The van der Waals surface area contributed by atoms with Gasteiger partial charge in [0, 0.05) is 43.5 Å². The average molecular weight is 353 g/mol. The van der Waals surface area contributed by atoms with Gasteiger partial charge in [-0.25, -0.2) is 4.79 Å². The van der Waals surface area contributed by atoms with E-state index in [0.29, 0.717) is 25.2 Å². The van der Waals surface area contributed by atoms with Crippen LogP contribution >= 0.6 is 12.4 Å². The molecule has 0 aromatic heterocycles. The Bertz CT molecular complexity index is 623. The minimum absolute atomic E-state index is 0. The maximum absolute atomic E-state index is 12.8. The van der Waals surface area contributed by atoms with Crippen LogP contribution in [0.4, 0.5) is 10.5 Å². The van der Waals surface area contributed by atoms with Crippen LogP contribution in [0.5, 0.6) is 0 Å². The van der Waals surface area contributed by atoms with Crippen LogP contribution < -0.4 is 16.0 Å². The van der Waals surface area contributed by atoms with Crippen molar-refractivity contribution in [3.8, 4) is 0 Å². The highest BCUT2D eigenvalue weighted by Gasteiger charge is 2.25. The van der Waals surface area contributed by atoms with Gasteiger partial charge < -0.3 is 16.0 Å². The number of anilines is 1. The average Bonchev–Trinajstić information content (AvgIpc) is 2.84. The maximum Gasteiger partial charge on any atom is 0.322 e. The molecule has 3 rings (SSSR count). The molecule has 2 aliphatic rings. The van der Waals surface area contributed by atoms with Gasteiger partial charge in [0.25, 0.3) is 5.91 Å². The summed E-state index contributed by atoms with van der Waals surface area (Å²) in [4.78, 5) is 28.3. The second-order valence-electron chi connectivity index (χ2n) is 6.37. The molecule has 0 bridgehead atoms. The minimum Gasteiger partial charge on any atom is -0.339 e. The van der Waals surface area contributed by atoms with E-state index in [1.54, 1.807) is 4.90 Å². The van der Waals surface area contributed by atoms with E-state index < -0.39 is 0 Å². The first kappa shape index (κ1) is 18.5. The molecule has 1 atom stereocenters. The molecule has 3 N–H and O–H groups in total. The topological polar surface area (TPSA) is 78.7 Å². The normalized spacial score (nSPS) is 21.1. The Morgan fingerprint density at radius 3 is 2.75 bits per heavy atom. The van der Waals surface area contributed by atoms with Gasteiger partial charge in [0.1, 0.15) is 0 Å². The predicted molar refractivity (Wildman–Crippen MR) is 96.9 cm³/mol. The van der Waals surface area contributed by atoms with Gasteiger partial charge in [-0.1, -0.05) is 6.07 Å². The van der Waals surface area contributed by atoms with Crippen molar-refractivity contribution >= 4 is 30.0 Å². The number of nitrogens with one attached hydrogen (secondary N) is 1. The molecule has 2 saturated heterocycles. The number of carbonyl (C=O) groups is 2. The van der Waals surface area contributed by atoms with Crippen molar-refractivity contribution in [1.82, 2.24) is 10.2 Å². The van der Waals surface area contributed by atoms with Gasteiger partial charge >= 0.3 is 6.03 Å². The highest BCUT2D eigenvalue weighted by molar-refractivity contribution is 5.99. The van der Waals surface area contributed by atoms with Crippen LogP contribution in [0.15, 0.2) is 18.2 Å². The zero-order chi connectivity index (χ0) is 16.4. The first-order valence-corrected chi connectivity index (χ1v) is 8.27. The number of hydrogen-bond acceptors (Lipinski definition) is 3. The van der Waals surface area contributed by atoms with E-state index in [9.17, 15) is 9.59 Å². The third-order valence-corrected chi connectivity index (χ3v) is 4.66. The summed E-state index contributed by atoms with van der Waals surface area (Å²) in [7, 11) is 0. The molecule has 1 aromatic rings. The van der Waals surface area contributed by atoms with Crippen molar-refractivity contribution in [3.63, 3.8) is 0 Å². The Kier molecular flexibility index (Phi) is 6.07. The smallest absolute Gasteiger partial charge is 0.322 e. The third kappa shape index (κ3) is 3.82. The fraction of sp³-hybridized carbons (Fsp3) is 0.529. The van der Waals surface area contributed by atoms with Crippen LogP contribution in [0.2, 0.25) is 0 Å². The van der Waals surface area contributed by atoms with Gasteiger partial charge in [-0.15, -0.1) is 12.4 Å². The van der Waals surface area contributed by atoms with Gasteiger partial charge in [-0.2, -0.15) is 0 Å². The molecule has 2 fully saturated rings. The van der Waals surface area contributed by atoms with Crippen LogP contribution in [0.25, 0.3) is 0 Å². The van der Waals surface area contributed by atoms with Gasteiger partial charge in [0.15, 0.2) is 0 Å². The molecule has 2 aliphatic heterocycles. The molecule has 3 amide bonds. The largest absolute Gasteiger partial charge is 0.339 e. The summed E-state index contributed by atoms with van der Waals surface area (Å²) in [5.74, 6) is 0.0277. The number of aryl methyl sites for hydroxylation is 1. The molecule has 24 heavy (non-hydrogen) atoms. The summed E-state index contributed by atoms with van der Waals surface area (Å²) < 4.78 is 0. The van der Waals surface area contributed by atoms with Crippen molar-refractivity contribution < 1.29 is 9.59 Å². The van der Waals surface area contributed by atoms with Gasteiger partial charge in [0.05, 0.1) is 0 Å². The number of rotatable bonds is 2. The quantitative estimate of drug-likeness (QED) is 0.853. The SMILES string of the molecule is Cc1ccc(C(=O)N2CCCC(N)CC2)cc1N1CCNC1=O.Cl. The van der Waals surface area contributed by atoms with Crippen molar-refractivity contribution in [2.24, 2.45) is 5.73 Å². The number of urea groups is 1. The van der Waals surface area contributed by atoms with Crippen LogP contribution in [-0.2, 0) is 0 Å².